The molecule has 0 aliphatic heterocycles. The van der Waals surface area contributed by atoms with Crippen LogP contribution < -0.4 is 0 Å². The third-order valence-electron chi connectivity index (χ3n) is 3.43. The molecule has 0 saturated heterocycles. The molecule has 23 heavy (non-hydrogen) atoms. The molecule has 4 heteroatoms. The molecule has 1 atom stereocenters. The second-order valence-electron chi connectivity index (χ2n) is 5.34. The molecule has 0 aromatic heterocycles. The highest BCUT2D eigenvalue weighted by atomic mass is 32.2. The molecule has 0 saturated carbocycles. The van der Waals surface area contributed by atoms with E-state index >= 15 is 0 Å². The van der Waals surface area contributed by atoms with Crippen molar-refractivity contribution < 1.29 is 9.90 Å². The maximum absolute atomic E-state index is 11.1. The highest BCUT2D eigenvalue weighted by molar-refractivity contribution is 7.99. The lowest BCUT2D eigenvalue weighted by Crippen LogP contribution is -2.11. The molecule has 0 unspecified atom stereocenters. The molecule has 2 rings (SSSR count). The van der Waals surface area contributed by atoms with E-state index in [2.05, 4.69) is 36.4 Å². The van der Waals surface area contributed by atoms with Crippen LogP contribution in [0.5, 0.6) is 0 Å². The Bertz CT molecular complexity index is 572. The van der Waals surface area contributed by atoms with E-state index in [0.29, 0.717) is 0 Å². The molecule has 2 nitrogen and oxygen atoms in total. The Kier molecular flexibility index (Phi) is 8.12. The van der Waals surface area contributed by atoms with Crippen molar-refractivity contribution in [2.24, 2.45) is 0 Å². The Balaban J connectivity index is 1.73. The lowest BCUT2D eigenvalue weighted by molar-refractivity contribution is -0.136. The molecule has 2 aromatic carbocycles. The molecule has 0 fully saturated rings. The predicted molar refractivity (Wildman–Crippen MR) is 101 cm³/mol. The van der Waals surface area contributed by atoms with Gasteiger partial charge in [-0.1, -0.05) is 60.7 Å². The Morgan fingerprint density at radius 3 is 2.04 bits per heavy atom. The minimum atomic E-state index is -0.705. The summed E-state index contributed by atoms with van der Waals surface area (Å²) in [6.07, 6.45) is 1.17. The molecule has 122 valence electrons. The molecule has 1 N–H and O–H groups in total. The van der Waals surface area contributed by atoms with Crippen LogP contribution in [0.3, 0.4) is 0 Å². The van der Waals surface area contributed by atoms with E-state index in [1.54, 1.807) is 11.8 Å². The van der Waals surface area contributed by atoms with Crippen LogP contribution in [-0.4, -0.2) is 22.1 Å². The minimum Gasteiger partial charge on any atom is -0.481 e. The largest absolute Gasteiger partial charge is 0.481 e. The van der Waals surface area contributed by atoms with Crippen LogP contribution in [0.25, 0.3) is 0 Å². The van der Waals surface area contributed by atoms with Gasteiger partial charge in [-0.15, -0.1) is 0 Å². The molecular formula is C19H22O2S2. The summed E-state index contributed by atoms with van der Waals surface area (Å²) >= 11 is 3.63. The zero-order chi connectivity index (χ0) is 16.3. The average Bonchev–Trinajstić information content (AvgIpc) is 2.58. The molecule has 0 bridgehead atoms. The summed E-state index contributed by atoms with van der Waals surface area (Å²) in [5.74, 6) is 2.16. The van der Waals surface area contributed by atoms with Crippen molar-refractivity contribution in [2.45, 2.75) is 29.6 Å². The molecule has 0 radical (unpaired) electrons. The van der Waals surface area contributed by atoms with Gasteiger partial charge in [0.15, 0.2) is 0 Å². The van der Waals surface area contributed by atoms with E-state index in [-0.39, 0.29) is 11.7 Å². The van der Waals surface area contributed by atoms with Crippen molar-refractivity contribution in [3.8, 4) is 0 Å². The number of carboxylic acids is 1. The maximum Gasteiger partial charge on any atom is 0.304 e. The van der Waals surface area contributed by atoms with Crippen molar-refractivity contribution in [1.82, 2.24) is 0 Å². The number of hydrogen-bond donors (Lipinski definition) is 1. The van der Waals surface area contributed by atoms with Gasteiger partial charge in [0.05, 0.1) is 6.42 Å². The van der Waals surface area contributed by atoms with Gasteiger partial charge >= 0.3 is 5.97 Å². The first kappa shape index (κ1) is 18.0. The average molecular weight is 347 g/mol. The van der Waals surface area contributed by atoms with E-state index in [4.69, 9.17) is 5.11 Å². The Labute approximate surface area is 146 Å². The van der Waals surface area contributed by atoms with Gasteiger partial charge in [-0.25, -0.2) is 0 Å². The van der Waals surface area contributed by atoms with Crippen molar-refractivity contribution in [3.63, 3.8) is 0 Å². The molecule has 0 amide bonds. The topological polar surface area (TPSA) is 37.3 Å². The Morgan fingerprint density at radius 1 is 0.913 bits per heavy atom. The molecular weight excluding hydrogens is 324 g/mol. The fraction of sp³-hybridized carbons (Fsp3) is 0.316. The summed E-state index contributed by atoms with van der Waals surface area (Å²) in [6.45, 7) is 0. The lowest BCUT2D eigenvalue weighted by atomic mass is 10.2. The molecule has 0 heterocycles. The van der Waals surface area contributed by atoms with Gasteiger partial charge in [-0.2, -0.15) is 23.5 Å². The van der Waals surface area contributed by atoms with Crippen LogP contribution in [0, 0.1) is 0 Å². The first-order chi connectivity index (χ1) is 11.2. The van der Waals surface area contributed by atoms with Gasteiger partial charge in [0, 0.05) is 16.8 Å². The zero-order valence-electron chi connectivity index (χ0n) is 13.1. The lowest BCUT2D eigenvalue weighted by Gasteiger charge is -2.14. The smallest absolute Gasteiger partial charge is 0.304 e. The zero-order valence-corrected chi connectivity index (χ0v) is 14.7. The minimum absolute atomic E-state index is 0.177. The van der Waals surface area contributed by atoms with Crippen LogP contribution >= 0.6 is 23.5 Å². The monoisotopic (exact) mass is 346 g/mol. The van der Waals surface area contributed by atoms with Crippen LogP contribution in [0.4, 0.5) is 0 Å². The van der Waals surface area contributed by atoms with E-state index in [1.807, 2.05) is 36.0 Å². The van der Waals surface area contributed by atoms with E-state index in [9.17, 15) is 4.79 Å². The van der Waals surface area contributed by atoms with Gasteiger partial charge in [-0.3, -0.25) is 4.79 Å². The van der Waals surface area contributed by atoms with Crippen LogP contribution in [0.2, 0.25) is 0 Å². The van der Waals surface area contributed by atoms with Crippen LogP contribution in [0.1, 0.15) is 24.0 Å². The van der Waals surface area contributed by atoms with E-state index < -0.39 is 5.97 Å². The molecule has 0 aliphatic rings. The number of aliphatic carboxylic acids is 1. The number of hydrogen-bond acceptors (Lipinski definition) is 3. The second-order valence-corrected chi connectivity index (χ2v) is 7.74. The number of carboxylic acid groups (broad SMARTS) is 1. The maximum atomic E-state index is 11.1. The SMILES string of the molecule is O=C(O)C[C@H](CCSCc1ccccc1)SCc1ccccc1. The van der Waals surface area contributed by atoms with Crippen molar-refractivity contribution in [1.29, 1.82) is 0 Å². The summed E-state index contributed by atoms with van der Waals surface area (Å²) < 4.78 is 0. The van der Waals surface area contributed by atoms with E-state index in [1.165, 1.54) is 11.1 Å². The molecule has 2 aromatic rings. The number of carbonyl (C=O) groups is 1. The Morgan fingerprint density at radius 2 is 1.48 bits per heavy atom. The summed E-state index contributed by atoms with van der Waals surface area (Å²) in [5.41, 5.74) is 2.58. The number of thioether (sulfide) groups is 2. The first-order valence-corrected chi connectivity index (χ1v) is 9.93. The fourth-order valence-electron chi connectivity index (χ4n) is 2.21. The Hall–Kier alpha value is -1.39. The van der Waals surface area contributed by atoms with Gasteiger partial charge in [0.2, 0.25) is 0 Å². The van der Waals surface area contributed by atoms with Crippen molar-refractivity contribution in [2.75, 3.05) is 5.75 Å². The van der Waals surface area contributed by atoms with Crippen LogP contribution in [-0.2, 0) is 16.3 Å². The van der Waals surface area contributed by atoms with Crippen molar-refractivity contribution >= 4 is 29.5 Å². The first-order valence-electron chi connectivity index (χ1n) is 7.73. The molecule has 0 aliphatic carbocycles. The fourth-order valence-corrected chi connectivity index (χ4v) is 4.54. The third-order valence-corrected chi connectivity index (χ3v) is 5.86. The summed E-state index contributed by atoms with van der Waals surface area (Å²) in [4.78, 5) is 11.1. The van der Waals surface area contributed by atoms with Gasteiger partial charge < -0.3 is 5.11 Å². The third kappa shape index (κ3) is 7.62. The highest BCUT2D eigenvalue weighted by Gasteiger charge is 2.14. The number of benzene rings is 2. The normalized spacial score (nSPS) is 12.0. The quantitative estimate of drug-likeness (QED) is 0.608. The summed E-state index contributed by atoms with van der Waals surface area (Å²) in [7, 11) is 0. The van der Waals surface area contributed by atoms with Gasteiger partial charge in [0.25, 0.3) is 0 Å². The summed E-state index contributed by atoms with van der Waals surface area (Å²) in [5, 5.41) is 9.27. The van der Waals surface area contributed by atoms with Crippen molar-refractivity contribution in [3.05, 3.63) is 71.8 Å². The van der Waals surface area contributed by atoms with Gasteiger partial charge in [-0.05, 0) is 23.3 Å². The van der Waals surface area contributed by atoms with E-state index in [0.717, 1.165) is 23.7 Å². The standard InChI is InChI=1S/C19H22O2S2/c20-19(21)13-18(23-15-17-9-5-2-6-10-17)11-12-22-14-16-7-3-1-4-8-16/h1-10,18H,11-15H2,(H,20,21)/t18-/m0/s1. The second kappa shape index (κ2) is 10.4. The predicted octanol–water partition coefficient (Wildman–Crippen LogP) is 5.09. The van der Waals surface area contributed by atoms with Gasteiger partial charge in [0.1, 0.15) is 0 Å². The summed E-state index contributed by atoms with van der Waals surface area (Å²) in [6, 6.07) is 20.6. The number of rotatable bonds is 10. The molecule has 0 spiro atoms. The van der Waals surface area contributed by atoms with Crippen LogP contribution in [0.15, 0.2) is 60.7 Å². The highest BCUT2D eigenvalue weighted by Crippen LogP contribution is 2.25.